The second-order valence-corrected chi connectivity index (χ2v) is 5.32. The monoisotopic (exact) mass is 353 g/mol. The second kappa shape index (κ2) is 6.81. The van der Waals surface area contributed by atoms with Crippen molar-refractivity contribution in [2.75, 3.05) is 5.43 Å². The lowest BCUT2D eigenvalue weighted by atomic mass is 10.1. The summed E-state index contributed by atoms with van der Waals surface area (Å²) >= 11 is 5.86. The summed E-state index contributed by atoms with van der Waals surface area (Å²) in [5.74, 6) is -0.618. The zero-order valence-electron chi connectivity index (χ0n) is 12.3. The number of alkyl halides is 3. The molecular weight excluding hydrogens is 343 g/mol. The summed E-state index contributed by atoms with van der Waals surface area (Å²) in [5, 5.41) is 9.19. The Morgan fingerprint density at radius 2 is 1.92 bits per heavy atom. The van der Waals surface area contributed by atoms with Gasteiger partial charge in [-0.25, -0.2) is 0 Å². The zero-order valence-corrected chi connectivity index (χ0v) is 13.1. The lowest BCUT2D eigenvalue weighted by molar-refractivity contribution is -0.137. The van der Waals surface area contributed by atoms with Gasteiger partial charge >= 0.3 is 6.18 Å². The normalized spacial score (nSPS) is 10.8. The number of benzene rings is 2. The minimum atomic E-state index is -4.67. The third kappa shape index (κ3) is 3.97. The molecule has 2 aromatic carbocycles. The summed E-state index contributed by atoms with van der Waals surface area (Å²) in [5.41, 5.74) is 3.81. The molecule has 0 atom stereocenters. The highest BCUT2D eigenvalue weighted by Crippen LogP contribution is 2.35. The fraction of sp³-hybridized carbons (Fsp3) is 0.125. The highest BCUT2D eigenvalue weighted by Gasteiger charge is 2.34. The SMILES string of the molecule is Cc1cc(C(=O)NNc2ccc(C#N)cc2C(F)(F)F)ccc1Cl. The van der Waals surface area contributed by atoms with E-state index in [1.807, 2.05) is 0 Å². The van der Waals surface area contributed by atoms with E-state index in [1.54, 1.807) is 13.0 Å². The number of carbonyl (C=O) groups is 1. The fourth-order valence-corrected chi connectivity index (χ4v) is 2.06. The average Bonchev–Trinajstić information content (AvgIpc) is 2.54. The molecule has 0 aliphatic heterocycles. The van der Waals surface area contributed by atoms with Gasteiger partial charge in [0.25, 0.3) is 5.91 Å². The summed E-state index contributed by atoms with van der Waals surface area (Å²) in [6.07, 6.45) is -4.67. The predicted octanol–water partition coefficient (Wildman–Crippen LogP) is 4.30. The van der Waals surface area contributed by atoms with Crippen LogP contribution in [-0.2, 0) is 6.18 Å². The van der Waals surface area contributed by atoms with Gasteiger partial charge in [-0.1, -0.05) is 11.6 Å². The number of amides is 1. The lowest BCUT2D eigenvalue weighted by Crippen LogP contribution is -2.30. The van der Waals surface area contributed by atoms with Gasteiger partial charge in [-0.3, -0.25) is 15.6 Å². The van der Waals surface area contributed by atoms with E-state index in [1.165, 1.54) is 24.3 Å². The molecule has 0 saturated carbocycles. The van der Waals surface area contributed by atoms with Crippen LogP contribution in [0.5, 0.6) is 0 Å². The maximum absolute atomic E-state index is 13.0. The first-order valence-electron chi connectivity index (χ1n) is 6.66. The molecule has 0 saturated heterocycles. The topological polar surface area (TPSA) is 64.9 Å². The third-order valence-corrected chi connectivity index (χ3v) is 3.61. The molecule has 0 bridgehead atoms. The van der Waals surface area contributed by atoms with Gasteiger partial charge in [-0.05, 0) is 48.9 Å². The number of hydrogen-bond acceptors (Lipinski definition) is 3. The Morgan fingerprint density at radius 3 is 2.50 bits per heavy atom. The van der Waals surface area contributed by atoms with Crippen LogP contribution < -0.4 is 10.9 Å². The first kappa shape index (κ1) is 17.6. The summed E-state index contributed by atoms with van der Waals surface area (Å²) < 4.78 is 39.1. The molecule has 0 spiro atoms. The van der Waals surface area contributed by atoms with Crippen molar-refractivity contribution >= 4 is 23.2 Å². The van der Waals surface area contributed by atoms with Crippen LogP contribution in [0.3, 0.4) is 0 Å². The van der Waals surface area contributed by atoms with Gasteiger partial charge in [-0.2, -0.15) is 18.4 Å². The molecule has 2 rings (SSSR count). The van der Waals surface area contributed by atoms with E-state index in [0.717, 1.165) is 6.07 Å². The van der Waals surface area contributed by atoms with Crippen molar-refractivity contribution in [2.24, 2.45) is 0 Å². The number of rotatable bonds is 3. The van der Waals surface area contributed by atoms with Gasteiger partial charge in [0.1, 0.15) is 0 Å². The Labute approximate surface area is 140 Å². The summed E-state index contributed by atoms with van der Waals surface area (Å²) in [7, 11) is 0. The van der Waals surface area contributed by atoms with Crippen LogP contribution in [0.4, 0.5) is 18.9 Å². The molecule has 0 radical (unpaired) electrons. The first-order chi connectivity index (χ1) is 11.2. The van der Waals surface area contributed by atoms with Crippen molar-refractivity contribution < 1.29 is 18.0 Å². The van der Waals surface area contributed by atoms with Crippen molar-refractivity contribution in [1.82, 2.24) is 5.43 Å². The molecule has 8 heteroatoms. The molecule has 2 aromatic rings. The molecule has 0 heterocycles. The minimum absolute atomic E-state index is 0.132. The highest BCUT2D eigenvalue weighted by atomic mass is 35.5. The number of aryl methyl sites for hydroxylation is 1. The number of hydrazine groups is 1. The number of carbonyl (C=O) groups excluding carboxylic acids is 1. The first-order valence-corrected chi connectivity index (χ1v) is 7.04. The van der Waals surface area contributed by atoms with Gasteiger partial charge in [0, 0.05) is 10.6 Å². The van der Waals surface area contributed by atoms with E-state index >= 15 is 0 Å². The van der Waals surface area contributed by atoms with Crippen LogP contribution in [0.2, 0.25) is 5.02 Å². The second-order valence-electron chi connectivity index (χ2n) is 4.91. The lowest BCUT2D eigenvalue weighted by Gasteiger charge is -2.15. The van der Waals surface area contributed by atoms with Crippen molar-refractivity contribution in [3.05, 3.63) is 63.7 Å². The quantitative estimate of drug-likeness (QED) is 0.809. The minimum Gasteiger partial charge on any atom is -0.298 e. The predicted molar refractivity (Wildman–Crippen MR) is 83.4 cm³/mol. The molecule has 24 heavy (non-hydrogen) atoms. The summed E-state index contributed by atoms with van der Waals surface area (Å²) in [6.45, 7) is 1.70. The molecule has 0 aliphatic carbocycles. The van der Waals surface area contributed by atoms with E-state index in [4.69, 9.17) is 16.9 Å². The Balaban J connectivity index is 2.21. The van der Waals surface area contributed by atoms with Gasteiger partial charge in [0.15, 0.2) is 0 Å². The molecular formula is C16H11ClF3N3O. The Hall–Kier alpha value is -2.72. The van der Waals surface area contributed by atoms with Crippen LogP contribution in [0, 0.1) is 18.3 Å². The van der Waals surface area contributed by atoms with Crippen LogP contribution in [0.1, 0.15) is 27.0 Å². The third-order valence-electron chi connectivity index (χ3n) is 3.18. The van der Waals surface area contributed by atoms with E-state index in [0.29, 0.717) is 16.7 Å². The van der Waals surface area contributed by atoms with Crippen molar-refractivity contribution in [2.45, 2.75) is 13.1 Å². The smallest absolute Gasteiger partial charge is 0.298 e. The fourth-order valence-electron chi connectivity index (χ4n) is 1.94. The van der Waals surface area contributed by atoms with E-state index < -0.39 is 17.6 Å². The molecule has 0 unspecified atom stereocenters. The van der Waals surface area contributed by atoms with Crippen molar-refractivity contribution in [3.8, 4) is 6.07 Å². The highest BCUT2D eigenvalue weighted by molar-refractivity contribution is 6.31. The Bertz CT molecular complexity index is 828. The Morgan fingerprint density at radius 1 is 1.21 bits per heavy atom. The number of anilines is 1. The molecule has 2 N–H and O–H groups in total. The molecule has 0 aromatic heterocycles. The average molecular weight is 354 g/mol. The summed E-state index contributed by atoms with van der Waals surface area (Å²) in [6, 6.07) is 9.14. The maximum Gasteiger partial charge on any atom is 0.418 e. The number of nitrogens with zero attached hydrogens (tertiary/aromatic N) is 1. The largest absolute Gasteiger partial charge is 0.418 e. The zero-order chi connectivity index (χ0) is 17.9. The summed E-state index contributed by atoms with van der Waals surface area (Å²) in [4.78, 5) is 12.0. The van der Waals surface area contributed by atoms with Gasteiger partial charge in [0.2, 0.25) is 0 Å². The van der Waals surface area contributed by atoms with E-state index in [9.17, 15) is 18.0 Å². The van der Waals surface area contributed by atoms with Crippen molar-refractivity contribution in [3.63, 3.8) is 0 Å². The molecule has 0 aliphatic rings. The van der Waals surface area contributed by atoms with Crippen molar-refractivity contribution in [1.29, 1.82) is 5.26 Å². The van der Waals surface area contributed by atoms with Crippen LogP contribution in [0.15, 0.2) is 36.4 Å². The van der Waals surface area contributed by atoms with Gasteiger partial charge in [-0.15, -0.1) is 0 Å². The number of nitriles is 1. The Kier molecular flexibility index (Phi) is 5.00. The number of halogens is 4. The number of nitrogens with one attached hydrogen (secondary N) is 2. The molecule has 124 valence electrons. The number of hydrogen-bond donors (Lipinski definition) is 2. The maximum atomic E-state index is 13.0. The standard InChI is InChI=1S/C16H11ClF3N3O/c1-9-6-11(3-4-13(9)17)15(24)23-22-14-5-2-10(8-21)7-12(14)16(18,19)20/h2-7,22H,1H3,(H,23,24). The van der Waals surface area contributed by atoms with E-state index in [2.05, 4.69) is 10.9 Å². The van der Waals surface area contributed by atoms with Crippen LogP contribution >= 0.6 is 11.6 Å². The molecule has 1 amide bonds. The van der Waals surface area contributed by atoms with Gasteiger partial charge in [0.05, 0.1) is 22.9 Å². The van der Waals surface area contributed by atoms with Crippen LogP contribution in [0.25, 0.3) is 0 Å². The van der Waals surface area contributed by atoms with Crippen LogP contribution in [-0.4, -0.2) is 5.91 Å². The van der Waals surface area contributed by atoms with Gasteiger partial charge < -0.3 is 0 Å². The van der Waals surface area contributed by atoms with E-state index in [-0.39, 0.29) is 16.8 Å². The molecule has 4 nitrogen and oxygen atoms in total. The molecule has 0 fully saturated rings.